The molecule has 0 saturated carbocycles. The van der Waals surface area contributed by atoms with Gasteiger partial charge in [0.1, 0.15) is 11.2 Å². The van der Waals surface area contributed by atoms with E-state index in [2.05, 4.69) is 29.6 Å². The Hall–Kier alpha value is -3.80. The van der Waals surface area contributed by atoms with Crippen molar-refractivity contribution in [3.8, 4) is 0 Å². The minimum absolute atomic E-state index is 0.161. The minimum Gasteiger partial charge on any atom is -0.444 e. The molecule has 0 aliphatic carbocycles. The third kappa shape index (κ3) is 12.1. The van der Waals surface area contributed by atoms with Crippen molar-refractivity contribution in [2.45, 2.75) is 97.1 Å². The van der Waals surface area contributed by atoms with E-state index in [0.717, 1.165) is 16.7 Å². The lowest BCUT2D eigenvalue weighted by atomic mass is 9.95. The molecule has 0 aromatic heterocycles. The number of amides is 2. The number of hydrogen-bond donors (Lipinski definition) is 1. The fourth-order valence-corrected chi connectivity index (χ4v) is 4.69. The molecule has 41 heavy (non-hydrogen) atoms. The number of nitrogens with zero attached hydrogens (tertiary/aromatic N) is 1. The second kappa shape index (κ2) is 14.7. The first kappa shape index (κ1) is 31.7. The zero-order valence-corrected chi connectivity index (χ0v) is 25.4. The Bertz CT molecular complexity index is 1200. The minimum atomic E-state index is -0.628. The Balaban J connectivity index is 1.90. The van der Waals surface area contributed by atoms with E-state index in [4.69, 9.17) is 9.47 Å². The molecule has 0 heterocycles. The number of benzene rings is 3. The summed E-state index contributed by atoms with van der Waals surface area (Å²) < 4.78 is 11.5. The van der Waals surface area contributed by atoms with Gasteiger partial charge in [0.15, 0.2) is 0 Å². The van der Waals surface area contributed by atoms with Crippen LogP contribution >= 0.6 is 0 Å². The van der Waals surface area contributed by atoms with Gasteiger partial charge in [-0.15, -0.1) is 0 Å². The summed E-state index contributed by atoms with van der Waals surface area (Å²) in [6.45, 7) is 11.7. The Kier molecular flexibility index (Phi) is 11.4. The van der Waals surface area contributed by atoms with Crippen molar-refractivity contribution in [1.29, 1.82) is 0 Å². The molecule has 0 unspecified atom stereocenters. The molecule has 0 aliphatic rings. The number of rotatable bonds is 11. The van der Waals surface area contributed by atoms with Crippen molar-refractivity contribution in [3.63, 3.8) is 0 Å². The second-order valence-electron chi connectivity index (χ2n) is 12.5. The van der Waals surface area contributed by atoms with E-state index in [-0.39, 0.29) is 18.2 Å². The first-order valence-corrected chi connectivity index (χ1v) is 14.5. The van der Waals surface area contributed by atoms with E-state index >= 15 is 0 Å². The maximum absolute atomic E-state index is 13.7. The van der Waals surface area contributed by atoms with E-state index in [1.807, 2.05) is 113 Å². The van der Waals surface area contributed by atoms with Crippen LogP contribution in [0.25, 0.3) is 0 Å². The maximum atomic E-state index is 13.7. The summed E-state index contributed by atoms with van der Waals surface area (Å²) in [4.78, 5) is 28.3. The molecule has 6 nitrogen and oxygen atoms in total. The van der Waals surface area contributed by atoms with Crippen molar-refractivity contribution in [1.82, 2.24) is 10.2 Å². The van der Waals surface area contributed by atoms with Gasteiger partial charge >= 0.3 is 12.2 Å². The predicted octanol–water partition coefficient (Wildman–Crippen LogP) is 7.95. The fraction of sp³-hybridized carbons (Fsp3) is 0.429. The van der Waals surface area contributed by atoms with E-state index in [0.29, 0.717) is 32.2 Å². The van der Waals surface area contributed by atoms with Crippen LogP contribution in [-0.2, 0) is 28.9 Å². The highest BCUT2D eigenvalue weighted by Gasteiger charge is 2.30. The lowest BCUT2D eigenvalue weighted by molar-refractivity contribution is 0.0122. The monoisotopic (exact) mass is 558 g/mol. The Morgan fingerprint density at radius 1 is 0.659 bits per heavy atom. The van der Waals surface area contributed by atoms with Crippen molar-refractivity contribution < 1.29 is 19.1 Å². The topological polar surface area (TPSA) is 67.9 Å². The molecule has 3 aromatic rings. The van der Waals surface area contributed by atoms with Crippen LogP contribution in [0.2, 0.25) is 0 Å². The van der Waals surface area contributed by atoms with Gasteiger partial charge in [-0.05, 0) is 83.9 Å². The van der Waals surface area contributed by atoms with Gasteiger partial charge in [-0.25, -0.2) is 9.59 Å². The Labute approximate surface area is 246 Å². The lowest BCUT2D eigenvalue weighted by Crippen LogP contribution is -2.45. The molecular formula is C35H46N2O4. The number of hydrogen-bond acceptors (Lipinski definition) is 4. The lowest BCUT2D eigenvalue weighted by Gasteiger charge is -2.35. The van der Waals surface area contributed by atoms with Crippen LogP contribution in [0.1, 0.15) is 71.1 Å². The van der Waals surface area contributed by atoms with Gasteiger partial charge < -0.3 is 19.7 Å². The molecule has 0 spiro atoms. The first-order chi connectivity index (χ1) is 19.4. The smallest absolute Gasteiger partial charge is 0.410 e. The quantitative estimate of drug-likeness (QED) is 0.259. The second-order valence-corrected chi connectivity index (χ2v) is 12.5. The van der Waals surface area contributed by atoms with Crippen LogP contribution in [0.4, 0.5) is 9.59 Å². The number of carbonyl (C=O) groups excluding carboxylic acids is 2. The molecule has 6 heteroatoms. The number of alkyl carbamates (subject to hydrolysis) is 1. The average molecular weight is 559 g/mol. The van der Waals surface area contributed by atoms with Crippen LogP contribution in [-0.4, -0.2) is 40.4 Å². The van der Waals surface area contributed by atoms with E-state index < -0.39 is 17.3 Å². The summed E-state index contributed by atoms with van der Waals surface area (Å²) in [7, 11) is 0. The number of ether oxygens (including phenoxy) is 2. The summed E-state index contributed by atoms with van der Waals surface area (Å²) >= 11 is 0. The molecule has 0 saturated heterocycles. The van der Waals surface area contributed by atoms with Crippen LogP contribution in [0.3, 0.4) is 0 Å². The van der Waals surface area contributed by atoms with Crippen molar-refractivity contribution in [2.24, 2.45) is 0 Å². The molecule has 3 aromatic carbocycles. The molecule has 2 atom stereocenters. The largest absolute Gasteiger partial charge is 0.444 e. The van der Waals surface area contributed by atoms with Crippen molar-refractivity contribution >= 4 is 12.2 Å². The van der Waals surface area contributed by atoms with Crippen LogP contribution < -0.4 is 5.32 Å². The van der Waals surface area contributed by atoms with Crippen molar-refractivity contribution in [3.05, 3.63) is 108 Å². The summed E-state index contributed by atoms with van der Waals surface area (Å²) in [5, 5.41) is 3.10. The molecule has 0 bridgehead atoms. The summed E-state index contributed by atoms with van der Waals surface area (Å²) in [6, 6.07) is 30.0. The van der Waals surface area contributed by atoms with Gasteiger partial charge in [0.2, 0.25) is 0 Å². The Morgan fingerprint density at radius 2 is 1.12 bits per heavy atom. The zero-order valence-electron chi connectivity index (χ0n) is 25.4. The first-order valence-electron chi connectivity index (χ1n) is 14.5. The van der Waals surface area contributed by atoms with E-state index in [9.17, 15) is 9.59 Å². The predicted molar refractivity (Wildman–Crippen MR) is 165 cm³/mol. The van der Waals surface area contributed by atoms with Gasteiger partial charge in [-0.3, -0.25) is 0 Å². The van der Waals surface area contributed by atoms with Crippen LogP contribution in [0.15, 0.2) is 91.0 Å². The van der Waals surface area contributed by atoms with Gasteiger partial charge in [0, 0.05) is 18.6 Å². The van der Waals surface area contributed by atoms with E-state index in [1.54, 1.807) is 0 Å². The van der Waals surface area contributed by atoms with Gasteiger partial charge in [-0.1, -0.05) is 91.0 Å². The molecule has 2 amide bonds. The molecular weight excluding hydrogens is 512 g/mol. The molecule has 0 fully saturated rings. The fourth-order valence-electron chi connectivity index (χ4n) is 4.69. The highest BCUT2D eigenvalue weighted by Crippen LogP contribution is 2.23. The Morgan fingerprint density at radius 3 is 1.61 bits per heavy atom. The van der Waals surface area contributed by atoms with Gasteiger partial charge in [0.05, 0.1) is 0 Å². The third-order valence-electron chi connectivity index (χ3n) is 6.47. The van der Waals surface area contributed by atoms with Gasteiger partial charge in [-0.2, -0.15) is 0 Å². The average Bonchev–Trinajstić information content (AvgIpc) is 2.89. The normalized spacial score (nSPS) is 13.1. The molecule has 0 aliphatic heterocycles. The van der Waals surface area contributed by atoms with Crippen LogP contribution in [0, 0.1) is 0 Å². The molecule has 1 N–H and O–H groups in total. The van der Waals surface area contributed by atoms with E-state index in [1.165, 1.54) is 0 Å². The summed E-state index contributed by atoms with van der Waals surface area (Å²) in [6.07, 6.45) is 1.85. The van der Waals surface area contributed by atoms with Crippen LogP contribution in [0.5, 0.6) is 0 Å². The molecule has 3 rings (SSSR count). The highest BCUT2D eigenvalue weighted by atomic mass is 16.6. The highest BCUT2D eigenvalue weighted by molar-refractivity contribution is 5.69. The summed E-state index contributed by atoms with van der Waals surface area (Å²) in [5.74, 6) is 0. The molecule has 220 valence electrons. The molecule has 0 radical (unpaired) electrons. The standard InChI is InChI=1S/C35H46N2O4/c1-34(2,3)40-32(38)36-30(24-27-16-10-7-11-17-27)22-23-31(25-28-18-12-8-13-19-28)37(33(39)41-35(4,5)6)26-29-20-14-9-15-21-29/h7-21,30-31H,22-26H2,1-6H3,(H,36,38)/t30-,31-/m1/s1. The summed E-state index contributed by atoms with van der Waals surface area (Å²) in [5.41, 5.74) is 2.07. The zero-order chi connectivity index (χ0) is 29.9. The maximum Gasteiger partial charge on any atom is 0.410 e. The number of nitrogens with one attached hydrogen (secondary N) is 1. The third-order valence-corrected chi connectivity index (χ3v) is 6.47. The van der Waals surface area contributed by atoms with Crippen molar-refractivity contribution in [2.75, 3.05) is 0 Å². The number of carbonyl (C=O) groups is 2. The SMILES string of the molecule is CC(C)(C)OC(=O)N[C@H](CC[C@H](Cc1ccccc1)N(Cc1ccccc1)C(=O)OC(C)(C)C)Cc1ccccc1. The van der Waals surface area contributed by atoms with Gasteiger partial charge in [0.25, 0.3) is 0 Å².